The van der Waals surface area contributed by atoms with Crippen molar-refractivity contribution in [3.8, 4) is 5.75 Å². The summed E-state index contributed by atoms with van der Waals surface area (Å²) < 4.78 is 28.2. The minimum atomic E-state index is -1.38. The zero-order valence-electron chi connectivity index (χ0n) is 23.8. The first-order valence-electron chi connectivity index (χ1n) is 14.3. The third kappa shape index (κ3) is 7.74. The summed E-state index contributed by atoms with van der Waals surface area (Å²) in [4.78, 5) is 19.3. The molecule has 0 saturated carbocycles. The molecule has 228 valence electrons. The Bertz CT molecular complexity index is 1580. The van der Waals surface area contributed by atoms with Crippen molar-refractivity contribution < 1.29 is 23.8 Å². The highest BCUT2D eigenvalue weighted by Crippen LogP contribution is 2.43. The average Bonchev–Trinajstić information content (AvgIpc) is 3.42. The number of ether oxygens (including phenoxy) is 2. The van der Waals surface area contributed by atoms with Crippen molar-refractivity contribution in [1.82, 2.24) is 10.9 Å². The number of amides is 1. The standard InChI is InChI=1S/C34H32Br2FN3O4/c35-27-12-6-23(7-13-27)22-34(33(42)40-38-19-18-24-4-1-2-5-30(24)37)31(25-8-14-28(36)15-9-25)44-32(39-34)26-10-16-29(17-11-26)43-21-3-20-41/h1-2,4-17,31,38,41H,3,18-22H2,(H,40,42)/t31-,34-/m0/s1. The SMILES string of the molecule is O=C(NNCCc1ccccc1F)[C@@]1(Cc2ccc(Br)cc2)N=C(c2ccc(OCCCO)cc2)O[C@H]1c1ccc(Br)cc1. The lowest BCUT2D eigenvalue weighted by molar-refractivity contribution is -0.130. The number of hydrogen-bond acceptors (Lipinski definition) is 6. The van der Waals surface area contributed by atoms with Crippen molar-refractivity contribution in [3.63, 3.8) is 0 Å². The van der Waals surface area contributed by atoms with E-state index in [1.54, 1.807) is 18.2 Å². The molecule has 2 atom stereocenters. The highest BCUT2D eigenvalue weighted by Gasteiger charge is 2.53. The Morgan fingerprint density at radius 1 is 0.955 bits per heavy atom. The van der Waals surface area contributed by atoms with Crippen LogP contribution in [0, 0.1) is 5.82 Å². The van der Waals surface area contributed by atoms with Crippen LogP contribution in [0.2, 0.25) is 0 Å². The van der Waals surface area contributed by atoms with Gasteiger partial charge in [0.05, 0.1) is 6.61 Å². The molecule has 0 aromatic heterocycles. The van der Waals surface area contributed by atoms with E-state index < -0.39 is 11.6 Å². The molecule has 1 amide bonds. The van der Waals surface area contributed by atoms with Crippen LogP contribution < -0.4 is 15.6 Å². The number of nitrogens with one attached hydrogen (secondary N) is 2. The second kappa shape index (κ2) is 14.9. The molecule has 3 N–H and O–H groups in total. The number of benzene rings is 4. The predicted molar refractivity (Wildman–Crippen MR) is 175 cm³/mol. The summed E-state index contributed by atoms with van der Waals surface area (Å²) in [6, 6.07) is 29.3. The van der Waals surface area contributed by atoms with Gasteiger partial charge in [0, 0.05) is 40.5 Å². The van der Waals surface area contributed by atoms with Gasteiger partial charge < -0.3 is 14.6 Å². The Hall–Kier alpha value is -3.57. The minimum Gasteiger partial charge on any atom is -0.494 e. The lowest BCUT2D eigenvalue weighted by Crippen LogP contribution is -2.54. The summed E-state index contributed by atoms with van der Waals surface area (Å²) in [6.45, 7) is 0.777. The quantitative estimate of drug-likeness (QED) is 0.109. The fourth-order valence-corrected chi connectivity index (χ4v) is 5.51. The molecule has 0 fully saturated rings. The van der Waals surface area contributed by atoms with E-state index >= 15 is 0 Å². The van der Waals surface area contributed by atoms with Gasteiger partial charge in [-0.05, 0) is 77.7 Å². The Morgan fingerprint density at radius 2 is 1.64 bits per heavy atom. The zero-order valence-corrected chi connectivity index (χ0v) is 27.0. The number of hydrogen-bond donors (Lipinski definition) is 3. The number of aliphatic hydroxyl groups excluding tert-OH is 1. The first-order valence-corrected chi connectivity index (χ1v) is 15.8. The smallest absolute Gasteiger partial charge is 0.266 e. The van der Waals surface area contributed by atoms with Gasteiger partial charge in [-0.25, -0.2) is 14.8 Å². The molecule has 10 heteroatoms. The van der Waals surface area contributed by atoms with E-state index in [1.165, 1.54) is 6.07 Å². The molecule has 0 radical (unpaired) electrons. The number of rotatable bonds is 13. The summed E-state index contributed by atoms with van der Waals surface area (Å²) in [6.07, 6.45) is 0.436. The van der Waals surface area contributed by atoms with E-state index in [4.69, 9.17) is 19.6 Å². The molecule has 1 aliphatic heterocycles. The Labute approximate surface area is 272 Å². The molecule has 0 aliphatic carbocycles. The average molecular weight is 725 g/mol. The predicted octanol–water partition coefficient (Wildman–Crippen LogP) is 6.48. The molecule has 1 aliphatic rings. The zero-order chi connectivity index (χ0) is 30.9. The first-order chi connectivity index (χ1) is 21.4. The number of halogens is 3. The van der Waals surface area contributed by atoms with Crippen LogP contribution in [0.25, 0.3) is 0 Å². The number of nitrogens with zero attached hydrogens (tertiary/aromatic N) is 1. The van der Waals surface area contributed by atoms with Crippen LogP contribution in [0.1, 0.15) is 34.8 Å². The van der Waals surface area contributed by atoms with Crippen LogP contribution in [-0.4, -0.2) is 42.2 Å². The van der Waals surface area contributed by atoms with E-state index in [0.717, 1.165) is 20.1 Å². The molecule has 5 rings (SSSR count). The molecule has 4 aromatic carbocycles. The summed E-state index contributed by atoms with van der Waals surface area (Å²) in [7, 11) is 0. The van der Waals surface area contributed by atoms with Crippen LogP contribution in [0.15, 0.2) is 111 Å². The second-order valence-corrected chi connectivity index (χ2v) is 12.2. The molecule has 0 saturated heterocycles. The van der Waals surface area contributed by atoms with Crippen molar-refractivity contribution in [3.05, 3.63) is 134 Å². The molecule has 44 heavy (non-hydrogen) atoms. The third-order valence-corrected chi connectivity index (χ3v) is 8.33. The molecule has 0 unspecified atom stereocenters. The lowest BCUT2D eigenvalue weighted by atomic mass is 9.82. The monoisotopic (exact) mass is 723 g/mol. The van der Waals surface area contributed by atoms with Gasteiger partial charge in [0.15, 0.2) is 11.6 Å². The van der Waals surface area contributed by atoms with Gasteiger partial charge >= 0.3 is 0 Å². The maximum atomic E-state index is 14.3. The van der Waals surface area contributed by atoms with Crippen molar-refractivity contribution >= 4 is 43.7 Å². The molecule has 7 nitrogen and oxygen atoms in total. The van der Waals surface area contributed by atoms with Crippen LogP contribution in [0.5, 0.6) is 5.75 Å². The van der Waals surface area contributed by atoms with E-state index in [0.29, 0.717) is 48.8 Å². The number of carbonyl (C=O) groups is 1. The number of aliphatic imine (C=N–C) groups is 1. The summed E-state index contributed by atoms with van der Waals surface area (Å²) in [5.41, 5.74) is 7.40. The Kier molecular flexibility index (Phi) is 10.8. The lowest BCUT2D eigenvalue weighted by Gasteiger charge is -2.31. The van der Waals surface area contributed by atoms with Crippen molar-refractivity contribution in [1.29, 1.82) is 0 Å². The Balaban J connectivity index is 1.47. The molecular weight excluding hydrogens is 693 g/mol. The Morgan fingerprint density at radius 3 is 2.32 bits per heavy atom. The molecular formula is C34H32Br2FN3O4. The van der Waals surface area contributed by atoms with Gasteiger partial charge in [-0.15, -0.1) is 0 Å². The maximum Gasteiger partial charge on any atom is 0.266 e. The van der Waals surface area contributed by atoms with E-state index in [1.807, 2.05) is 72.8 Å². The number of hydrazine groups is 1. The van der Waals surface area contributed by atoms with Crippen molar-refractivity contribution in [2.75, 3.05) is 19.8 Å². The van der Waals surface area contributed by atoms with Crippen LogP contribution >= 0.6 is 31.9 Å². The highest BCUT2D eigenvalue weighted by atomic mass is 79.9. The third-order valence-electron chi connectivity index (χ3n) is 7.27. The molecule has 1 heterocycles. The van der Waals surface area contributed by atoms with Gasteiger partial charge in [0.1, 0.15) is 11.6 Å². The van der Waals surface area contributed by atoms with Gasteiger partial charge in [-0.2, -0.15) is 0 Å². The number of carbonyl (C=O) groups excluding carboxylic acids is 1. The van der Waals surface area contributed by atoms with Crippen molar-refractivity contribution in [2.24, 2.45) is 4.99 Å². The van der Waals surface area contributed by atoms with Gasteiger partial charge in [0.2, 0.25) is 5.90 Å². The fourth-order valence-electron chi connectivity index (χ4n) is 4.98. The first kappa shape index (κ1) is 31.8. The minimum absolute atomic E-state index is 0.0562. The van der Waals surface area contributed by atoms with Crippen LogP contribution in [-0.2, 0) is 22.4 Å². The second-order valence-electron chi connectivity index (χ2n) is 10.4. The molecule has 0 bridgehead atoms. The largest absolute Gasteiger partial charge is 0.494 e. The number of aliphatic hydroxyl groups is 1. The van der Waals surface area contributed by atoms with Gasteiger partial charge in [0.25, 0.3) is 5.91 Å². The normalized spacial score (nSPS) is 17.5. The van der Waals surface area contributed by atoms with Gasteiger partial charge in [-0.1, -0.05) is 74.3 Å². The molecule has 4 aromatic rings. The van der Waals surface area contributed by atoms with Crippen LogP contribution in [0.4, 0.5) is 4.39 Å². The maximum absolute atomic E-state index is 14.3. The van der Waals surface area contributed by atoms with E-state index in [2.05, 4.69) is 42.7 Å². The summed E-state index contributed by atoms with van der Waals surface area (Å²) in [5.74, 6) is 0.327. The van der Waals surface area contributed by atoms with Crippen molar-refractivity contribution in [2.45, 2.75) is 30.9 Å². The summed E-state index contributed by atoms with van der Waals surface area (Å²) >= 11 is 6.99. The van der Waals surface area contributed by atoms with Gasteiger partial charge in [-0.3, -0.25) is 10.2 Å². The molecule has 0 spiro atoms. The topological polar surface area (TPSA) is 92.2 Å². The fraction of sp³-hybridized carbons (Fsp3) is 0.235. The van der Waals surface area contributed by atoms with Crippen LogP contribution in [0.3, 0.4) is 0 Å². The highest BCUT2D eigenvalue weighted by molar-refractivity contribution is 9.10. The van der Waals surface area contributed by atoms with E-state index in [9.17, 15) is 9.18 Å². The summed E-state index contributed by atoms with van der Waals surface area (Å²) in [5, 5.41) is 9.04. The van der Waals surface area contributed by atoms with E-state index in [-0.39, 0.29) is 24.8 Å².